The van der Waals surface area contributed by atoms with Crippen LogP contribution in [0.4, 0.5) is 11.4 Å². The van der Waals surface area contributed by atoms with E-state index < -0.39 is 0 Å². The van der Waals surface area contributed by atoms with Crippen molar-refractivity contribution >= 4 is 28.9 Å². The maximum absolute atomic E-state index is 12.0. The zero-order valence-electron chi connectivity index (χ0n) is 9.77. The van der Waals surface area contributed by atoms with Gasteiger partial charge in [-0.2, -0.15) is 0 Å². The number of rotatable bonds is 3. The molecule has 0 aliphatic rings. The standard InChI is InChI=1S/C13H12ClN3O/c1-15-9-6-7-16-12(8-9)13(18)17-11-5-3-2-4-10(11)14/h2-8H,1H3,(H,15,16)(H,17,18). The molecule has 18 heavy (non-hydrogen) atoms. The highest BCUT2D eigenvalue weighted by Gasteiger charge is 2.09. The van der Waals surface area contributed by atoms with Gasteiger partial charge >= 0.3 is 0 Å². The fourth-order valence-corrected chi connectivity index (χ4v) is 1.64. The number of benzene rings is 1. The molecule has 1 aromatic heterocycles. The lowest BCUT2D eigenvalue weighted by molar-refractivity contribution is 0.102. The van der Waals surface area contributed by atoms with Gasteiger partial charge in [-0.05, 0) is 24.3 Å². The number of amides is 1. The van der Waals surface area contributed by atoms with Gasteiger partial charge in [0.2, 0.25) is 0 Å². The number of nitrogens with one attached hydrogen (secondary N) is 2. The lowest BCUT2D eigenvalue weighted by Gasteiger charge is -2.07. The van der Waals surface area contributed by atoms with Gasteiger partial charge in [-0.15, -0.1) is 0 Å². The van der Waals surface area contributed by atoms with Crippen LogP contribution in [-0.4, -0.2) is 17.9 Å². The van der Waals surface area contributed by atoms with Crippen molar-refractivity contribution in [3.8, 4) is 0 Å². The van der Waals surface area contributed by atoms with E-state index in [2.05, 4.69) is 15.6 Å². The van der Waals surface area contributed by atoms with Gasteiger partial charge < -0.3 is 10.6 Å². The lowest BCUT2D eigenvalue weighted by Crippen LogP contribution is -2.14. The van der Waals surface area contributed by atoms with Crippen LogP contribution in [-0.2, 0) is 0 Å². The molecule has 4 nitrogen and oxygen atoms in total. The van der Waals surface area contributed by atoms with Crippen molar-refractivity contribution in [2.75, 3.05) is 17.7 Å². The molecule has 2 aromatic rings. The predicted octanol–water partition coefficient (Wildman–Crippen LogP) is 3.03. The smallest absolute Gasteiger partial charge is 0.274 e. The number of carbonyl (C=O) groups excluding carboxylic acids is 1. The highest BCUT2D eigenvalue weighted by molar-refractivity contribution is 6.33. The molecule has 2 rings (SSSR count). The molecule has 0 fully saturated rings. The van der Waals surface area contributed by atoms with Crippen LogP contribution in [0.5, 0.6) is 0 Å². The highest BCUT2D eigenvalue weighted by atomic mass is 35.5. The first-order valence-corrected chi connectivity index (χ1v) is 5.78. The van der Waals surface area contributed by atoms with E-state index in [-0.39, 0.29) is 5.91 Å². The van der Waals surface area contributed by atoms with Gasteiger partial charge in [0.15, 0.2) is 0 Å². The molecule has 92 valence electrons. The first-order chi connectivity index (χ1) is 8.70. The summed E-state index contributed by atoms with van der Waals surface area (Å²) in [5.74, 6) is -0.291. The molecule has 0 saturated carbocycles. The molecule has 5 heteroatoms. The summed E-state index contributed by atoms with van der Waals surface area (Å²) in [6.45, 7) is 0. The zero-order chi connectivity index (χ0) is 13.0. The molecule has 0 atom stereocenters. The van der Waals surface area contributed by atoms with E-state index >= 15 is 0 Å². The maximum atomic E-state index is 12.0. The summed E-state index contributed by atoms with van der Waals surface area (Å²) >= 11 is 5.97. The summed E-state index contributed by atoms with van der Waals surface area (Å²) in [5.41, 5.74) is 1.73. The minimum Gasteiger partial charge on any atom is -0.388 e. The van der Waals surface area contributed by atoms with Crippen LogP contribution in [0, 0.1) is 0 Å². The second kappa shape index (κ2) is 5.51. The topological polar surface area (TPSA) is 54.0 Å². The van der Waals surface area contributed by atoms with Crippen LogP contribution >= 0.6 is 11.6 Å². The van der Waals surface area contributed by atoms with Crippen molar-refractivity contribution in [3.63, 3.8) is 0 Å². The molecule has 0 unspecified atom stereocenters. The number of nitrogens with zero attached hydrogens (tertiary/aromatic N) is 1. The van der Waals surface area contributed by atoms with E-state index in [1.807, 2.05) is 0 Å². The third-order valence-electron chi connectivity index (χ3n) is 2.40. The zero-order valence-corrected chi connectivity index (χ0v) is 10.5. The number of aromatic nitrogens is 1. The Morgan fingerprint density at radius 1 is 1.28 bits per heavy atom. The third-order valence-corrected chi connectivity index (χ3v) is 2.73. The van der Waals surface area contributed by atoms with Crippen molar-refractivity contribution in [2.24, 2.45) is 0 Å². The molecular formula is C13H12ClN3O. The number of para-hydroxylation sites is 1. The average molecular weight is 262 g/mol. The molecule has 1 aromatic carbocycles. The number of hydrogen-bond donors (Lipinski definition) is 2. The lowest BCUT2D eigenvalue weighted by atomic mass is 10.2. The predicted molar refractivity (Wildman–Crippen MR) is 73.2 cm³/mol. The second-order valence-electron chi connectivity index (χ2n) is 3.61. The Balaban J connectivity index is 2.19. The average Bonchev–Trinajstić information content (AvgIpc) is 2.41. The minimum absolute atomic E-state index is 0.291. The Morgan fingerprint density at radius 2 is 2.06 bits per heavy atom. The van der Waals surface area contributed by atoms with Gasteiger partial charge in [0.05, 0.1) is 10.7 Å². The monoisotopic (exact) mass is 261 g/mol. The first kappa shape index (κ1) is 12.4. The normalized spacial score (nSPS) is 9.89. The van der Waals surface area contributed by atoms with Gasteiger partial charge in [0, 0.05) is 18.9 Å². The number of carbonyl (C=O) groups is 1. The van der Waals surface area contributed by atoms with Crippen LogP contribution < -0.4 is 10.6 Å². The summed E-state index contributed by atoms with van der Waals surface area (Å²) < 4.78 is 0. The van der Waals surface area contributed by atoms with Crippen molar-refractivity contribution in [1.29, 1.82) is 0 Å². The fraction of sp³-hybridized carbons (Fsp3) is 0.0769. The molecule has 0 aliphatic carbocycles. The van der Waals surface area contributed by atoms with Crippen molar-refractivity contribution in [1.82, 2.24) is 4.98 Å². The van der Waals surface area contributed by atoms with Gasteiger partial charge in [-0.25, -0.2) is 0 Å². The van der Waals surface area contributed by atoms with E-state index in [9.17, 15) is 4.79 Å². The largest absolute Gasteiger partial charge is 0.388 e. The first-order valence-electron chi connectivity index (χ1n) is 5.40. The number of pyridine rings is 1. The van der Waals surface area contributed by atoms with Crippen LogP contribution in [0.1, 0.15) is 10.5 Å². The molecule has 0 radical (unpaired) electrons. The van der Waals surface area contributed by atoms with Crippen LogP contribution in [0.25, 0.3) is 0 Å². The van der Waals surface area contributed by atoms with Crippen LogP contribution in [0.2, 0.25) is 5.02 Å². The molecule has 0 saturated heterocycles. The SMILES string of the molecule is CNc1ccnc(C(=O)Nc2ccccc2Cl)c1. The molecule has 0 aliphatic heterocycles. The summed E-state index contributed by atoms with van der Waals surface area (Å²) in [6, 6.07) is 10.5. The summed E-state index contributed by atoms with van der Waals surface area (Å²) in [6.07, 6.45) is 1.58. The van der Waals surface area contributed by atoms with Crippen molar-refractivity contribution in [2.45, 2.75) is 0 Å². The molecule has 0 spiro atoms. The fourth-order valence-electron chi connectivity index (χ4n) is 1.46. The van der Waals surface area contributed by atoms with E-state index in [0.29, 0.717) is 16.4 Å². The summed E-state index contributed by atoms with van der Waals surface area (Å²) in [4.78, 5) is 16.0. The molecular weight excluding hydrogens is 250 g/mol. The van der Waals surface area contributed by atoms with Crippen LogP contribution in [0.3, 0.4) is 0 Å². The highest BCUT2D eigenvalue weighted by Crippen LogP contribution is 2.21. The quantitative estimate of drug-likeness (QED) is 0.893. The summed E-state index contributed by atoms with van der Waals surface area (Å²) in [5, 5.41) is 6.16. The van der Waals surface area contributed by atoms with Crippen LogP contribution in [0.15, 0.2) is 42.6 Å². The maximum Gasteiger partial charge on any atom is 0.274 e. The van der Waals surface area contributed by atoms with E-state index in [4.69, 9.17) is 11.6 Å². The molecule has 1 amide bonds. The van der Waals surface area contributed by atoms with E-state index in [0.717, 1.165) is 5.69 Å². The Hall–Kier alpha value is -2.07. The summed E-state index contributed by atoms with van der Waals surface area (Å²) in [7, 11) is 1.78. The number of hydrogen-bond acceptors (Lipinski definition) is 3. The minimum atomic E-state index is -0.291. The molecule has 0 bridgehead atoms. The van der Waals surface area contributed by atoms with Gasteiger partial charge in [0.25, 0.3) is 5.91 Å². The Bertz CT molecular complexity index is 572. The van der Waals surface area contributed by atoms with Gasteiger partial charge in [-0.3, -0.25) is 9.78 Å². The van der Waals surface area contributed by atoms with E-state index in [1.54, 1.807) is 49.6 Å². The Labute approximate surface area is 110 Å². The third kappa shape index (κ3) is 2.78. The Kier molecular flexibility index (Phi) is 3.79. The number of anilines is 2. The van der Waals surface area contributed by atoms with Crippen molar-refractivity contribution in [3.05, 3.63) is 53.3 Å². The van der Waals surface area contributed by atoms with E-state index in [1.165, 1.54) is 0 Å². The van der Waals surface area contributed by atoms with Crippen molar-refractivity contribution < 1.29 is 4.79 Å². The Morgan fingerprint density at radius 3 is 2.78 bits per heavy atom. The second-order valence-corrected chi connectivity index (χ2v) is 4.02. The number of halogens is 1. The van der Waals surface area contributed by atoms with Gasteiger partial charge in [-0.1, -0.05) is 23.7 Å². The van der Waals surface area contributed by atoms with Gasteiger partial charge in [0.1, 0.15) is 5.69 Å². The molecule has 2 N–H and O–H groups in total. The molecule has 1 heterocycles.